The lowest BCUT2D eigenvalue weighted by Crippen LogP contribution is -2.51. The molecule has 1 atom stereocenters. The van der Waals surface area contributed by atoms with Gasteiger partial charge in [-0.25, -0.2) is 0 Å². The molecule has 0 bridgehead atoms. The number of ether oxygens (including phenoxy) is 2. The molecule has 2 aromatic rings. The predicted molar refractivity (Wildman–Crippen MR) is 118 cm³/mol. The molecule has 1 unspecified atom stereocenters. The predicted octanol–water partition coefficient (Wildman–Crippen LogP) is 3.11. The number of piperazine rings is 1. The second-order valence-electron chi connectivity index (χ2n) is 8.02. The molecule has 34 heavy (non-hydrogen) atoms. The van der Waals surface area contributed by atoms with Crippen molar-refractivity contribution in [1.29, 1.82) is 0 Å². The van der Waals surface area contributed by atoms with E-state index in [1.165, 1.54) is 37.1 Å². The fraction of sp³-hybridized carbons (Fsp3) is 0.417. The molecular weight excluding hydrogens is 453 g/mol. The molecule has 2 aromatic carbocycles. The Kier molecular flexibility index (Phi) is 8.16. The zero-order valence-corrected chi connectivity index (χ0v) is 19.0. The average Bonchev–Trinajstić information content (AvgIpc) is 2.82. The zero-order valence-electron chi connectivity index (χ0n) is 19.0. The molecule has 10 heteroatoms. The number of Topliss-reactive ketones (excluding diaryl/α,β-unsaturated/α-hetero) is 1. The summed E-state index contributed by atoms with van der Waals surface area (Å²) in [6.07, 6.45) is -5.45. The van der Waals surface area contributed by atoms with Crippen molar-refractivity contribution < 1.29 is 37.3 Å². The summed E-state index contributed by atoms with van der Waals surface area (Å²) in [7, 11) is 1.45. The fourth-order valence-electron chi connectivity index (χ4n) is 3.76. The minimum Gasteiger partial charge on any atom is -0.493 e. The summed E-state index contributed by atoms with van der Waals surface area (Å²) in [6.45, 7) is 3.02. The normalized spacial score (nSPS) is 15.6. The Morgan fingerprint density at radius 3 is 2.35 bits per heavy atom. The third-order valence-corrected chi connectivity index (χ3v) is 5.59. The summed E-state index contributed by atoms with van der Waals surface area (Å²) in [4.78, 5) is 27.5. The molecule has 0 aromatic heterocycles. The summed E-state index contributed by atoms with van der Waals surface area (Å²) in [5.41, 5.74) is -0.821. The van der Waals surface area contributed by atoms with Crippen LogP contribution >= 0.6 is 0 Å². The Labute approximate surface area is 195 Å². The summed E-state index contributed by atoms with van der Waals surface area (Å²) < 4.78 is 50.6. The largest absolute Gasteiger partial charge is 0.493 e. The van der Waals surface area contributed by atoms with E-state index in [9.17, 15) is 27.9 Å². The van der Waals surface area contributed by atoms with Gasteiger partial charge in [0, 0.05) is 38.3 Å². The van der Waals surface area contributed by atoms with Crippen LogP contribution in [0.3, 0.4) is 0 Å². The van der Waals surface area contributed by atoms with Crippen molar-refractivity contribution >= 4 is 11.7 Å². The van der Waals surface area contributed by atoms with Gasteiger partial charge in [-0.1, -0.05) is 12.1 Å². The standard InChI is InChI=1S/C24H27F3N2O5/c1-16(30)17-7-8-21(22(13-17)33-2)34-15-18(31)14-28-9-11-29(12-10-28)23(32)19-5-3-4-6-20(19)24(25,26)27/h3-8,13,18,31H,9-12,14-15H2,1-2H3. The van der Waals surface area contributed by atoms with Crippen LogP contribution in [-0.4, -0.2) is 79.1 Å². The summed E-state index contributed by atoms with van der Waals surface area (Å²) in [5, 5.41) is 10.4. The lowest BCUT2D eigenvalue weighted by molar-refractivity contribution is -0.138. The van der Waals surface area contributed by atoms with E-state index in [1.54, 1.807) is 18.2 Å². The number of ketones is 1. The number of carbonyl (C=O) groups excluding carboxylic acids is 2. The molecule has 1 aliphatic heterocycles. The molecule has 1 aliphatic rings. The second kappa shape index (κ2) is 10.9. The number of halogens is 3. The van der Waals surface area contributed by atoms with Gasteiger partial charge in [0.2, 0.25) is 0 Å². The Morgan fingerprint density at radius 1 is 1.06 bits per heavy atom. The number of carbonyl (C=O) groups is 2. The number of β-amino-alcohol motifs (C(OH)–C–C–N with tert-alkyl or cyclic N) is 1. The minimum atomic E-state index is -4.60. The van der Waals surface area contributed by atoms with E-state index in [1.807, 2.05) is 4.90 Å². The lowest BCUT2D eigenvalue weighted by Gasteiger charge is -2.36. The van der Waals surface area contributed by atoms with Crippen LogP contribution in [0.2, 0.25) is 0 Å². The Morgan fingerprint density at radius 2 is 1.74 bits per heavy atom. The molecule has 0 aliphatic carbocycles. The van der Waals surface area contributed by atoms with Gasteiger partial charge in [0.05, 0.1) is 18.2 Å². The number of amides is 1. The van der Waals surface area contributed by atoms with Crippen LogP contribution in [0, 0.1) is 0 Å². The van der Waals surface area contributed by atoms with Crippen molar-refractivity contribution in [2.24, 2.45) is 0 Å². The smallest absolute Gasteiger partial charge is 0.417 e. The van der Waals surface area contributed by atoms with Crippen molar-refractivity contribution in [2.45, 2.75) is 19.2 Å². The summed E-state index contributed by atoms with van der Waals surface area (Å²) in [5.74, 6) is 0.0124. The molecule has 1 fully saturated rings. The number of alkyl halides is 3. The van der Waals surface area contributed by atoms with Gasteiger partial charge in [0.25, 0.3) is 5.91 Å². The van der Waals surface area contributed by atoms with E-state index in [0.717, 1.165) is 6.07 Å². The quantitative estimate of drug-likeness (QED) is 0.585. The molecule has 1 heterocycles. The monoisotopic (exact) mass is 480 g/mol. The Balaban J connectivity index is 1.51. The Hall–Kier alpha value is -3.11. The molecule has 0 radical (unpaired) electrons. The van der Waals surface area contributed by atoms with E-state index < -0.39 is 23.8 Å². The fourth-order valence-corrected chi connectivity index (χ4v) is 3.76. The number of hydrogen-bond donors (Lipinski definition) is 1. The Bertz CT molecular complexity index is 1020. The topological polar surface area (TPSA) is 79.3 Å². The van der Waals surface area contributed by atoms with Crippen molar-refractivity contribution in [3.8, 4) is 11.5 Å². The highest BCUT2D eigenvalue weighted by molar-refractivity contribution is 5.96. The molecule has 184 valence electrons. The van der Waals surface area contributed by atoms with Crippen LogP contribution in [0.4, 0.5) is 13.2 Å². The summed E-state index contributed by atoms with van der Waals surface area (Å²) >= 11 is 0. The number of aliphatic hydroxyl groups excluding tert-OH is 1. The van der Waals surface area contributed by atoms with Crippen LogP contribution in [0.1, 0.15) is 33.2 Å². The number of methoxy groups -OCH3 is 1. The molecule has 1 N–H and O–H groups in total. The first-order chi connectivity index (χ1) is 16.1. The number of hydrogen-bond acceptors (Lipinski definition) is 6. The SMILES string of the molecule is COc1cc(C(C)=O)ccc1OCC(O)CN1CCN(C(=O)c2ccccc2C(F)(F)F)CC1. The van der Waals surface area contributed by atoms with Crippen molar-refractivity contribution in [1.82, 2.24) is 9.80 Å². The van der Waals surface area contributed by atoms with Crippen LogP contribution in [0.15, 0.2) is 42.5 Å². The zero-order chi connectivity index (χ0) is 24.9. The average molecular weight is 480 g/mol. The highest BCUT2D eigenvalue weighted by Crippen LogP contribution is 2.32. The van der Waals surface area contributed by atoms with Crippen LogP contribution in [-0.2, 0) is 6.18 Å². The van der Waals surface area contributed by atoms with E-state index >= 15 is 0 Å². The molecule has 7 nitrogen and oxygen atoms in total. The van der Waals surface area contributed by atoms with Gasteiger partial charge in [0.1, 0.15) is 12.7 Å². The summed E-state index contributed by atoms with van der Waals surface area (Å²) in [6, 6.07) is 9.55. The van der Waals surface area contributed by atoms with Crippen LogP contribution in [0.5, 0.6) is 11.5 Å². The first-order valence-corrected chi connectivity index (χ1v) is 10.8. The van der Waals surface area contributed by atoms with E-state index in [-0.39, 0.29) is 37.6 Å². The maximum absolute atomic E-state index is 13.2. The highest BCUT2D eigenvalue weighted by atomic mass is 19.4. The third-order valence-electron chi connectivity index (χ3n) is 5.59. The maximum Gasteiger partial charge on any atom is 0.417 e. The number of aliphatic hydroxyl groups is 1. The first-order valence-electron chi connectivity index (χ1n) is 10.8. The number of rotatable bonds is 8. The van der Waals surface area contributed by atoms with Gasteiger partial charge >= 0.3 is 6.18 Å². The van der Waals surface area contributed by atoms with Crippen LogP contribution < -0.4 is 9.47 Å². The van der Waals surface area contributed by atoms with Gasteiger partial charge in [-0.15, -0.1) is 0 Å². The molecule has 1 saturated heterocycles. The molecule has 3 rings (SSSR count). The van der Waals surface area contributed by atoms with E-state index in [0.29, 0.717) is 30.2 Å². The van der Waals surface area contributed by atoms with E-state index in [2.05, 4.69) is 0 Å². The third kappa shape index (κ3) is 6.27. The number of nitrogens with zero attached hydrogens (tertiary/aromatic N) is 2. The van der Waals surface area contributed by atoms with Crippen molar-refractivity contribution in [2.75, 3.05) is 46.4 Å². The maximum atomic E-state index is 13.2. The van der Waals surface area contributed by atoms with Crippen molar-refractivity contribution in [3.05, 3.63) is 59.2 Å². The van der Waals surface area contributed by atoms with Gasteiger partial charge in [-0.2, -0.15) is 13.2 Å². The van der Waals surface area contributed by atoms with Crippen LogP contribution in [0.25, 0.3) is 0 Å². The van der Waals surface area contributed by atoms with Gasteiger partial charge < -0.3 is 19.5 Å². The van der Waals surface area contributed by atoms with Gasteiger partial charge in [-0.05, 0) is 37.3 Å². The first kappa shape index (κ1) is 25.5. The highest BCUT2D eigenvalue weighted by Gasteiger charge is 2.36. The lowest BCUT2D eigenvalue weighted by atomic mass is 10.1. The molecule has 0 saturated carbocycles. The molecular formula is C24H27F3N2O5. The van der Waals surface area contributed by atoms with E-state index in [4.69, 9.17) is 9.47 Å². The van der Waals surface area contributed by atoms with Gasteiger partial charge in [-0.3, -0.25) is 14.5 Å². The molecule has 1 amide bonds. The molecule has 0 spiro atoms. The second-order valence-corrected chi connectivity index (χ2v) is 8.02. The minimum absolute atomic E-state index is 0.0200. The number of benzene rings is 2. The van der Waals surface area contributed by atoms with Crippen molar-refractivity contribution in [3.63, 3.8) is 0 Å². The van der Waals surface area contributed by atoms with Gasteiger partial charge in [0.15, 0.2) is 17.3 Å².